The zero-order valence-corrected chi connectivity index (χ0v) is 14.1. The molecular formula is C19H15F2N3O3. The number of aromatic nitrogens is 3. The summed E-state index contributed by atoms with van der Waals surface area (Å²) in [6.45, 7) is -2.73. The van der Waals surface area contributed by atoms with Gasteiger partial charge in [-0.25, -0.2) is 5.10 Å². The van der Waals surface area contributed by atoms with Crippen molar-refractivity contribution in [2.75, 3.05) is 0 Å². The molecule has 4 rings (SSSR count). The Labute approximate surface area is 152 Å². The minimum atomic E-state index is -2.95. The number of hydrogen-bond donors (Lipinski definition) is 1. The number of halogens is 2. The molecule has 1 aliphatic rings. The maximum absolute atomic E-state index is 12.7. The van der Waals surface area contributed by atoms with Gasteiger partial charge >= 0.3 is 6.61 Å². The molecule has 6 nitrogen and oxygen atoms in total. The molecule has 1 aromatic carbocycles. The van der Waals surface area contributed by atoms with Crippen molar-refractivity contribution in [3.05, 3.63) is 40.8 Å². The molecular weight excluding hydrogens is 356 g/mol. The van der Waals surface area contributed by atoms with Crippen molar-refractivity contribution in [1.29, 1.82) is 0 Å². The van der Waals surface area contributed by atoms with E-state index in [1.54, 1.807) is 22.8 Å². The molecule has 2 heterocycles. The summed E-state index contributed by atoms with van der Waals surface area (Å²) in [5.74, 6) is 2.76. The summed E-state index contributed by atoms with van der Waals surface area (Å²) in [6.07, 6.45) is 8.74. The topological polar surface area (TPSA) is 69.1 Å². The number of alkyl halides is 2. The monoisotopic (exact) mass is 371 g/mol. The first-order valence-corrected chi connectivity index (χ1v) is 8.33. The molecule has 1 aliphatic carbocycles. The molecule has 1 fully saturated rings. The van der Waals surface area contributed by atoms with Gasteiger partial charge in [-0.2, -0.15) is 13.9 Å². The lowest BCUT2D eigenvalue weighted by Crippen LogP contribution is -2.07. The largest absolute Gasteiger partial charge is 0.487 e. The molecule has 1 N–H and O–H groups in total. The average molecular weight is 371 g/mol. The summed E-state index contributed by atoms with van der Waals surface area (Å²) < 4.78 is 37.4. The summed E-state index contributed by atoms with van der Waals surface area (Å²) in [6, 6.07) is 6.37. The van der Waals surface area contributed by atoms with Crippen LogP contribution in [0.1, 0.15) is 12.8 Å². The molecule has 138 valence electrons. The predicted octanol–water partition coefficient (Wildman–Crippen LogP) is 3.17. The van der Waals surface area contributed by atoms with Gasteiger partial charge in [-0.15, -0.1) is 6.42 Å². The van der Waals surface area contributed by atoms with Gasteiger partial charge in [0.2, 0.25) is 0 Å². The van der Waals surface area contributed by atoms with E-state index in [-0.39, 0.29) is 29.7 Å². The lowest BCUT2D eigenvalue weighted by molar-refractivity contribution is -0.0516. The Bertz CT molecular complexity index is 1090. The Balaban J connectivity index is 1.85. The minimum absolute atomic E-state index is 0.00360. The number of nitrogens with zero attached hydrogens (tertiary/aromatic N) is 2. The summed E-state index contributed by atoms with van der Waals surface area (Å²) in [7, 11) is 0. The van der Waals surface area contributed by atoms with Crippen LogP contribution in [0.25, 0.3) is 22.2 Å². The number of nitrogens with one attached hydrogen (secondary N) is 1. The van der Waals surface area contributed by atoms with E-state index >= 15 is 0 Å². The van der Waals surface area contributed by atoms with Gasteiger partial charge in [-0.3, -0.25) is 4.79 Å². The van der Waals surface area contributed by atoms with Crippen LogP contribution in [0.3, 0.4) is 0 Å². The molecule has 1 saturated carbocycles. The van der Waals surface area contributed by atoms with Gasteiger partial charge in [0.1, 0.15) is 0 Å². The minimum Gasteiger partial charge on any atom is -0.487 e. The SMILES string of the molecule is C#CCn1c(-c2ccc(OC(F)F)c(OC3CC3)c2)cc2c(=O)[nH]ncc21. The predicted molar refractivity (Wildman–Crippen MR) is 94.9 cm³/mol. The first-order valence-electron chi connectivity index (χ1n) is 8.33. The van der Waals surface area contributed by atoms with Crippen molar-refractivity contribution in [1.82, 2.24) is 14.8 Å². The molecule has 0 spiro atoms. The van der Waals surface area contributed by atoms with Crippen LogP contribution in [0.2, 0.25) is 0 Å². The van der Waals surface area contributed by atoms with Crippen LogP contribution < -0.4 is 15.0 Å². The Morgan fingerprint density at radius 3 is 2.85 bits per heavy atom. The van der Waals surface area contributed by atoms with Crippen molar-refractivity contribution in [2.45, 2.75) is 32.1 Å². The molecule has 0 radical (unpaired) electrons. The third-order valence-corrected chi connectivity index (χ3v) is 4.26. The van der Waals surface area contributed by atoms with Crippen LogP contribution in [0, 0.1) is 12.3 Å². The highest BCUT2D eigenvalue weighted by molar-refractivity contribution is 5.86. The third kappa shape index (κ3) is 3.36. The summed E-state index contributed by atoms with van der Waals surface area (Å²) >= 11 is 0. The number of hydrogen-bond acceptors (Lipinski definition) is 4. The third-order valence-electron chi connectivity index (χ3n) is 4.26. The highest BCUT2D eigenvalue weighted by Crippen LogP contribution is 2.38. The maximum atomic E-state index is 12.7. The quantitative estimate of drug-likeness (QED) is 0.676. The number of benzene rings is 1. The fourth-order valence-corrected chi connectivity index (χ4v) is 2.92. The lowest BCUT2D eigenvalue weighted by Gasteiger charge is -2.14. The Hall–Kier alpha value is -3.34. The molecule has 8 heteroatoms. The van der Waals surface area contributed by atoms with E-state index in [1.807, 2.05) is 0 Å². The summed E-state index contributed by atoms with van der Waals surface area (Å²) in [5, 5.41) is 6.64. The average Bonchev–Trinajstić information content (AvgIpc) is 3.37. The molecule has 3 aromatic rings. The van der Waals surface area contributed by atoms with Gasteiger partial charge in [0.25, 0.3) is 5.56 Å². The van der Waals surface area contributed by atoms with E-state index in [2.05, 4.69) is 20.9 Å². The smallest absolute Gasteiger partial charge is 0.387 e. The van der Waals surface area contributed by atoms with Gasteiger partial charge < -0.3 is 14.0 Å². The first kappa shape index (κ1) is 17.1. The van der Waals surface area contributed by atoms with Crippen molar-refractivity contribution in [3.63, 3.8) is 0 Å². The zero-order valence-electron chi connectivity index (χ0n) is 14.1. The van der Waals surface area contributed by atoms with E-state index in [0.29, 0.717) is 22.2 Å². The number of ether oxygens (including phenoxy) is 2. The second kappa shape index (κ2) is 6.76. The molecule has 27 heavy (non-hydrogen) atoms. The van der Waals surface area contributed by atoms with Crippen LogP contribution in [-0.4, -0.2) is 27.5 Å². The molecule has 0 aliphatic heterocycles. The fourth-order valence-electron chi connectivity index (χ4n) is 2.92. The van der Waals surface area contributed by atoms with Gasteiger partial charge in [-0.1, -0.05) is 5.92 Å². The molecule has 0 amide bonds. The van der Waals surface area contributed by atoms with Crippen LogP contribution in [0.4, 0.5) is 8.78 Å². The van der Waals surface area contributed by atoms with Crippen molar-refractivity contribution in [2.24, 2.45) is 0 Å². The Morgan fingerprint density at radius 2 is 2.15 bits per heavy atom. The van der Waals surface area contributed by atoms with Crippen LogP contribution >= 0.6 is 0 Å². The first-order chi connectivity index (χ1) is 13.1. The van der Waals surface area contributed by atoms with Gasteiger partial charge in [-0.05, 0) is 37.1 Å². The Kier molecular flexibility index (Phi) is 4.28. The molecule has 0 atom stereocenters. The number of fused-ring (bicyclic) bond motifs is 1. The molecule has 0 unspecified atom stereocenters. The van der Waals surface area contributed by atoms with Crippen LogP contribution in [0.5, 0.6) is 11.5 Å². The second-order valence-electron chi connectivity index (χ2n) is 6.18. The summed E-state index contributed by atoms with van der Waals surface area (Å²) in [4.78, 5) is 12.1. The highest BCUT2D eigenvalue weighted by Gasteiger charge is 2.26. The van der Waals surface area contributed by atoms with Crippen LogP contribution in [0.15, 0.2) is 35.3 Å². The second-order valence-corrected chi connectivity index (χ2v) is 6.18. The fraction of sp³-hybridized carbons (Fsp3) is 0.263. The lowest BCUT2D eigenvalue weighted by atomic mass is 10.1. The van der Waals surface area contributed by atoms with E-state index in [1.165, 1.54) is 12.3 Å². The molecule has 0 bridgehead atoms. The van der Waals surface area contributed by atoms with Crippen molar-refractivity contribution >= 4 is 10.9 Å². The molecule has 2 aromatic heterocycles. The number of aromatic amines is 1. The van der Waals surface area contributed by atoms with E-state index < -0.39 is 6.61 Å². The standard InChI is InChI=1S/C19H15F2N3O3/c1-2-7-24-14(9-13-15(24)10-22-23-18(13)25)11-3-6-16(27-19(20)21)17(8-11)26-12-4-5-12/h1,3,6,8-10,12,19H,4-5,7H2,(H,23,25). The van der Waals surface area contributed by atoms with Crippen molar-refractivity contribution < 1.29 is 18.3 Å². The molecule has 0 saturated heterocycles. The summed E-state index contributed by atoms with van der Waals surface area (Å²) in [5.41, 5.74) is 1.57. The van der Waals surface area contributed by atoms with Gasteiger partial charge in [0, 0.05) is 5.56 Å². The number of terminal acetylenes is 1. The maximum Gasteiger partial charge on any atom is 0.387 e. The zero-order chi connectivity index (χ0) is 19.0. The van der Waals surface area contributed by atoms with E-state index in [0.717, 1.165) is 12.8 Å². The van der Waals surface area contributed by atoms with E-state index in [4.69, 9.17) is 11.2 Å². The van der Waals surface area contributed by atoms with Crippen LogP contribution in [-0.2, 0) is 6.54 Å². The Morgan fingerprint density at radius 1 is 1.33 bits per heavy atom. The van der Waals surface area contributed by atoms with Gasteiger partial charge in [0.05, 0.1) is 35.4 Å². The van der Waals surface area contributed by atoms with Gasteiger partial charge in [0.15, 0.2) is 11.5 Å². The number of H-pyrrole nitrogens is 1. The highest BCUT2D eigenvalue weighted by atomic mass is 19.3. The normalized spacial score (nSPS) is 13.7. The van der Waals surface area contributed by atoms with Crippen molar-refractivity contribution in [3.8, 4) is 35.1 Å². The number of rotatable bonds is 6. The van der Waals surface area contributed by atoms with E-state index in [9.17, 15) is 13.6 Å².